The number of rotatable bonds is 9. The molecule has 2 N–H and O–H groups in total. The van der Waals surface area contributed by atoms with Crippen LogP contribution in [-0.2, 0) is 17.8 Å². The van der Waals surface area contributed by atoms with Gasteiger partial charge >= 0.3 is 0 Å². The molecule has 2 amide bonds. The molecule has 2 aromatic carbocycles. The molecular formula is C30H36N4O4. The highest BCUT2D eigenvalue weighted by Crippen LogP contribution is 2.31. The third-order valence-electron chi connectivity index (χ3n) is 6.85. The Balaban J connectivity index is 1.56. The zero-order valence-corrected chi connectivity index (χ0v) is 22.2. The highest BCUT2D eigenvalue weighted by atomic mass is 16.5. The molecule has 1 aliphatic heterocycles. The lowest BCUT2D eigenvalue weighted by atomic mass is 9.99. The zero-order valence-electron chi connectivity index (χ0n) is 22.2. The molecule has 3 atom stereocenters. The number of hydrogen-bond donors (Lipinski definition) is 2. The van der Waals surface area contributed by atoms with Gasteiger partial charge in [0.25, 0.3) is 5.91 Å². The van der Waals surface area contributed by atoms with E-state index in [9.17, 15) is 14.7 Å². The Morgan fingerprint density at radius 3 is 2.61 bits per heavy atom. The number of nitrogens with one attached hydrogen (secondary N) is 1. The first-order valence-corrected chi connectivity index (χ1v) is 13.0. The molecule has 38 heavy (non-hydrogen) atoms. The topological polar surface area (TPSA) is 95.0 Å². The summed E-state index contributed by atoms with van der Waals surface area (Å²) < 4.78 is 6.47. The van der Waals surface area contributed by atoms with Crippen molar-refractivity contribution < 1.29 is 19.4 Å². The van der Waals surface area contributed by atoms with Crippen molar-refractivity contribution in [1.29, 1.82) is 0 Å². The number of likely N-dealkylation sites (N-methyl/N-ethyl adjacent to an activating group) is 1. The van der Waals surface area contributed by atoms with E-state index in [-0.39, 0.29) is 42.9 Å². The fraction of sp³-hybridized carbons (Fsp3) is 0.367. The number of aliphatic hydroxyl groups is 1. The van der Waals surface area contributed by atoms with Gasteiger partial charge in [-0.1, -0.05) is 37.3 Å². The fourth-order valence-electron chi connectivity index (χ4n) is 4.68. The third kappa shape index (κ3) is 6.96. The average Bonchev–Trinajstić information content (AvgIpc) is 2.91. The van der Waals surface area contributed by atoms with E-state index < -0.39 is 0 Å². The first-order valence-electron chi connectivity index (χ1n) is 13.0. The minimum Gasteiger partial charge on any atom is -0.488 e. The summed E-state index contributed by atoms with van der Waals surface area (Å²) in [7, 11) is 2.04. The van der Waals surface area contributed by atoms with Crippen LogP contribution in [0.1, 0.15) is 35.3 Å². The molecule has 200 valence electrons. The van der Waals surface area contributed by atoms with E-state index in [0.29, 0.717) is 30.1 Å². The van der Waals surface area contributed by atoms with Crippen LogP contribution in [0.15, 0.2) is 73.1 Å². The van der Waals surface area contributed by atoms with Crippen LogP contribution in [0.5, 0.6) is 5.75 Å². The number of amides is 2. The third-order valence-corrected chi connectivity index (χ3v) is 6.85. The van der Waals surface area contributed by atoms with Gasteiger partial charge in [0.2, 0.25) is 5.91 Å². The lowest BCUT2D eigenvalue weighted by Crippen LogP contribution is -2.49. The number of ether oxygens (including phenoxy) is 1. The van der Waals surface area contributed by atoms with Crippen molar-refractivity contribution >= 4 is 17.5 Å². The summed E-state index contributed by atoms with van der Waals surface area (Å²) in [4.78, 5) is 34.3. The Morgan fingerprint density at radius 1 is 1.16 bits per heavy atom. The minimum absolute atomic E-state index is 0.0197. The summed E-state index contributed by atoms with van der Waals surface area (Å²) in [5, 5.41) is 12.8. The smallest absolute Gasteiger partial charge is 0.258 e. The first-order chi connectivity index (χ1) is 18.3. The molecule has 4 rings (SSSR count). The molecule has 0 fully saturated rings. The Morgan fingerprint density at radius 2 is 1.89 bits per heavy atom. The maximum atomic E-state index is 13.6. The molecule has 0 radical (unpaired) electrons. The van der Waals surface area contributed by atoms with Gasteiger partial charge in [-0.05, 0) is 55.4 Å². The number of aromatic nitrogens is 1. The van der Waals surface area contributed by atoms with Gasteiger partial charge in [-0.15, -0.1) is 0 Å². The zero-order chi connectivity index (χ0) is 27.1. The van der Waals surface area contributed by atoms with Gasteiger partial charge in [0.1, 0.15) is 11.9 Å². The number of pyridine rings is 1. The first kappa shape index (κ1) is 27.3. The number of hydrogen-bond acceptors (Lipinski definition) is 6. The van der Waals surface area contributed by atoms with Gasteiger partial charge in [0, 0.05) is 43.6 Å². The maximum Gasteiger partial charge on any atom is 0.258 e. The van der Waals surface area contributed by atoms with E-state index in [4.69, 9.17) is 4.74 Å². The number of carbonyl (C=O) groups excluding carboxylic acids is 2. The van der Waals surface area contributed by atoms with Crippen LogP contribution in [-0.4, -0.2) is 70.6 Å². The molecule has 1 aliphatic rings. The Kier molecular flexibility index (Phi) is 9.10. The van der Waals surface area contributed by atoms with E-state index in [1.165, 1.54) is 0 Å². The van der Waals surface area contributed by atoms with Gasteiger partial charge in [-0.2, -0.15) is 0 Å². The number of aliphatic hydroxyl groups excluding tert-OH is 1. The Bertz CT molecular complexity index is 1220. The second-order valence-electron chi connectivity index (χ2n) is 10.1. The Hall–Kier alpha value is -3.75. The SMILES string of the molecule is C[C@H]1CN([C@@H](C)CO)C(=O)c2cc(NC(=O)Cc3ccccc3)ccc2O[C@H]1CN(C)Cc1ccncc1. The van der Waals surface area contributed by atoms with E-state index in [0.717, 1.165) is 17.7 Å². The van der Waals surface area contributed by atoms with Crippen molar-refractivity contribution in [2.75, 3.05) is 32.1 Å². The van der Waals surface area contributed by atoms with Crippen LogP contribution in [0.2, 0.25) is 0 Å². The predicted molar refractivity (Wildman–Crippen MR) is 147 cm³/mol. The van der Waals surface area contributed by atoms with Gasteiger partial charge in [-0.25, -0.2) is 0 Å². The molecule has 0 aliphatic carbocycles. The number of nitrogens with zero attached hydrogens (tertiary/aromatic N) is 3. The van der Waals surface area contributed by atoms with E-state index in [1.54, 1.807) is 35.5 Å². The monoisotopic (exact) mass is 516 g/mol. The van der Waals surface area contributed by atoms with Crippen LogP contribution in [0.4, 0.5) is 5.69 Å². The van der Waals surface area contributed by atoms with Crippen molar-refractivity contribution in [2.24, 2.45) is 5.92 Å². The Labute approximate surface area is 224 Å². The molecule has 1 aromatic heterocycles. The molecule has 0 saturated heterocycles. The molecule has 0 unspecified atom stereocenters. The van der Waals surface area contributed by atoms with Crippen molar-refractivity contribution in [1.82, 2.24) is 14.8 Å². The molecule has 2 heterocycles. The normalized spacial score (nSPS) is 18.2. The second-order valence-corrected chi connectivity index (χ2v) is 10.1. The van der Waals surface area contributed by atoms with Crippen molar-refractivity contribution in [3.63, 3.8) is 0 Å². The van der Waals surface area contributed by atoms with Gasteiger partial charge in [0.15, 0.2) is 0 Å². The largest absolute Gasteiger partial charge is 0.488 e. The average molecular weight is 517 g/mol. The molecule has 0 bridgehead atoms. The minimum atomic E-state index is -0.359. The molecule has 0 saturated carbocycles. The summed E-state index contributed by atoms with van der Waals surface area (Å²) in [6.07, 6.45) is 3.61. The summed E-state index contributed by atoms with van der Waals surface area (Å²) in [5.74, 6) is 0.0997. The highest BCUT2D eigenvalue weighted by Gasteiger charge is 2.33. The fourth-order valence-corrected chi connectivity index (χ4v) is 4.68. The summed E-state index contributed by atoms with van der Waals surface area (Å²) in [6.45, 7) is 5.59. The lowest BCUT2D eigenvalue weighted by Gasteiger charge is -2.38. The highest BCUT2D eigenvalue weighted by molar-refractivity contribution is 6.00. The van der Waals surface area contributed by atoms with Crippen molar-refractivity contribution in [3.8, 4) is 5.75 Å². The van der Waals surface area contributed by atoms with Crippen LogP contribution in [0, 0.1) is 5.92 Å². The number of carbonyl (C=O) groups is 2. The predicted octanol–water partition coefficient (Wildman–Crippen LogP) is 3.61. The molecule has 8 heteroatoms. The lowest BCUT2D eigenvalue weighted by molar-refractivity contribution is -0.115. The van der Waals surface area contributed by atoms with Crippen LogP contribution in [0.25, 0.3) is 0 Å². The quantitative estimate of drug-likeness (QED) is 0.451. The molecule has 3 aromatic rings. The van der Waals surface area contributed by atoms with Crippen LogP contribution in [0.3, 0.4) is 0 Å². The summed E-state index contributed by atoms with van der Waals surface area (Å²) in [6, 6.07) is 18.3. The van der Waals surface area contributed by atoms with Crippen molar-refractivity contribution in [2.45, 2.75) is 39.0 Å². The van der Waals surface area contributed by atoms with Gasteiger partial charge in [-0.3, -0.25) is 19.5 Å². The van der Waals surface area contributed by atoms with Gasteiger partial charge in [0.05, 0.1) is 24.6 Å². The summed E-state index contributed by atoms with van der Waals surface area (Å²) in [5.41, 5.74) is 2.96. The molecule has 8 nitrogen and oxygen atoms in total. The van der Waals surface area contributed by atoms with Crippen LogP contribution >= 0.6 is 0 Å². The van der Waals surface area contributed by atoms with E-state index >= 15 is 0 Å². The van der Waals surface area contributed by atoms with E-state index in [1.807, 2.05) is 56.4 Å². The number of anilines is 1. The molecular weight excluding hydrogens is 480 g/mol. The van der Waals surface area contributed by atoms with Crippen molar-refractivity contribution in [3.05, 3.63) is 89.7 Å². The summed E-state index contributed by atoms with van der Waals surface area (Å²) >= 11 is 0. The van der Waals surface area contributed by atoms with E-state index in [2.05, 4.69) is 22.1 Å². The van der Waals surface area contributed by atoms with Crippen LogP contribution < -0.4 is 10.1 Å². The maximum absolute atomic E-state index is 13.6. The molecule has 0 spiro atoms. The van der Waals surface area contributed by atoms with Gasteiger partial charge < -0.3 is 20.1 Å². The number of fused-ring (bicyclic) bond motifs is 1. The standard InChI is InChI=1S/C30H36N4O4/c1-21-17-34(22(2)20-35)30(37)26-16-25(32-29(36)15-23-7-5-4-6-8-23)9-10-27(26)38-28(21)19-33(3)18-24-11-13-31-14-12-24/h4-14,16,21-22,28,35H,15,17-20H2,1-3H3,(H,32,36)/t21-,22-,28-/m0/s1. The number of benzene rings is 2. The second kappa shape index (κ2) is 12.7.